The molecule has 4 nitrogen and oxygen atoms in total. The van der Waals surface area contributed by atoms with Crippen molar-refractivity contribution in [2.45, 2.75) is 19.8 Å². The molecule has 0 atom stereocenters. The van der Waals surface area contributed by atoms with Crippen LogP contribution in [-0.2, 0) is 0 Å². The number of hydrogen-bond donors (Lipinski definition) is 1. The minimum Gasteiger partial charge on any atom is -0.353 e. The highest BCUT2D eigenvalue weighted by Crippen LogP contribution is 2.21. The number of nitrogens with one attached hydrogen (secondary N) is 1. The molecule has 0 unspecified atom stereocenters. The lowest BCUT2D eigenvalue weighted by Gasteiger charge is -2.28. The Balaban J connectivity index is 1.76. The van der Waals surface area contributed by atoms with Gasteiger partial charge in [-0.2, -0.15) is 0 Å². The SMILES string of the molecule is CC(C)c1ccc(-c2cnc(N3CCNCC3)cn2)cc1. The highest BCUT2D eigenvalue weighted by Gasteiger charge is 2.12. The minimum atomic E-state index is 0.556. The summed E-state index contributed by atoms with van der Waals surface area (Å²) in [5.41, 5.74) is 3.41. The zero-order valence-corrected chi connectivity index (χ0v) is 12.7. The van der Waals surface area contributed by atoms with Crippen molar-refractivity contribution < 1.29 is 0 Å². The molecule has 1 saturated heterocycles. The first-order chi connectivity index (χ1) is 10.2. The third kappa shape index (κ3) is 3.22. The topological polar surface area (TPSA) is 41.1 Å². The van der Waals surface area contributed by atoms with E-state index in [1.165, 1.54) is 5.56 Å². The van der Waals surface area contributed by atoms with Gasteiger partial charge in [0.25, 0.3) is 0 Å². The zero-order valence-electron chi connectivity index (χ0n) is 12.7. The molecule has 0 radical (unpaired) electrons. The Morgan fingerprint density at radius 3 is 2.29 bits per heavy atom. The Hall–Kier alpha value is -1.94. The molecule has 0 amide bonds. The van der Waals surface area contributed by atoms with Crippen molar-refractivity contribution in [1.29, 1.82) is 0 Å². The van der Waals surface area contributed by atoms with Gasteiger partial charge in [-0.25, -0.2) is 4.98 Å². The van der Waals surface area contributed by atoms with Gasteiger partial charge < -0.3 is 10.2 Å². The van der Waals surface area contributed by atoms with Gasteiger partial charge in [-0.3, -0.25) is 4.98 Å². The van der Waals surface area contributed by atoms with E-state index in [1.54, 1.807) is 0 Å². The maximum atomic E-state index is 4.57. The number of piperazine rings is 1. The van der Waals surface area contributed by atoms with Crippen LogP contribution in [0.25, 0.3) is 11.3 Å². The molecule has 0 spiro atoms. The normalized spacial score (nSPS) is 15.5. The van der Waals surface area contributed by atoms with Crippen LogP contribution >= 0.6 is 0 Å². The summed E-state index contributed by atoms with van der Waals surface area (Å²) in [6, 6.07) is 8.60. The first-order valence-electron chi connectivity index (χ1n) is 7.62. The Morgan fingerprint density at radius 2 is 1.71 bits per heavy atom. The molecular weight excluding hydrogens is 260 g/mol. The molecule has 0 bridgehead atoms. The molecule has 21 heavy (non-hydrogen) atoms. The van der Waals surface area contributed by atoms with Crippen molar-refractivity contribution in [3.05, 3.63) is 42.2 Å². The largest absolute Gasteiger partial charge is 0.353 e. The summed E-state index contributed by atoms with van der Waals surface area (Å²) >= 11 is 0. The van der Waals surface area contributed by atoms with E-state index in [9.17, 15) is 0 Å². The first-order valence-corrected chi connectivity index (χ1v) is 7.62. The molecule has 1 aromatic heterocycles. The summed E-state index contributed by atoms with van der Waals surface area (Å²) in [4.78, 5) is 11.4. The summed E-state index contributed by atoms with van der Waals surface area (Å²) in [7, 11) is 0. The van der Waals surface area contributed by atoms with E-state index < -0.39 is 0 Å². The maximum absolute atomic E-state index is 4.57. The summed E-state index contributed by atoms with van der Waals surface area (Å²) in [5.74, 6) is 1.53. The molecule has 110 valence electrons. The number of hydrogen-bond acceptors (Lipinski definition) is 4. The highest BCUT2D eigenvalue weighted by atomic mass is 15.2. The summed E-state index contributed by atoms with van der Waals surface area (Å²) in [6.07, 6.45) is 3.76. The summed E-state index contributed by atoms with van der Waals surface area (Å²) in [6.45, 7) is 8.43. The van der Waals surface area contributed by atoms with E-state index in [-0.39, 0.29) is 0 Å². The van der Waals surface area contributed by atoms with Gasteiger partial charge in [0.05, 0.1) is 18.1 Å². The van der Waals surface area contributed by atoms with Gasteiger partial charge in [0.1, 0.15) is 5.82 Å². The van der Waals surface area contributed by atoms with Gasteiger partial charge in [0, 0.05) is 31.7 Å². The quantitative estimate of drug-likeness (QED) is 0.939. The molecule has 1 fully saturated rings. The Bertz CT molecular complexity index is 569. The summed E-state index contributed by atoms with van der Waals surface area (Å²) in [5, 5.41) is 3.35. The average Bonchev–Trinajstić information content (AvgIpc) is 2.56. The molecule has 1 aliphatic rings. The fraction of sp³-hybridized carbons (Fsp3) is 0.412. The van der Waals surface area contributed by atoms with Crippen LogP contribution in [-0.4, -0.2) is 36.1 Å². The lowest BCUT2D eigenvalue weighted by molar-refractivity contribution is 0.584. The van der Waals surface area contributed by atoms with Crippen LogP contribution in [0.1, 0.15) is 25.3 Å². The second kappa shape index (κ2) is 6.22. The predicted octanol–water partition coefficient (Wildman–Crippen LogP) is 2.68. The van der Waals surface area contributed by atoms with Crippen LogP contribution in [0.5, 0.6) is 0 Å². The first kappa shape index (κ1) is 14.0. The Labute approximate surface area is 126 Å². The molecule has 1 N–H and O–H groups in total. The second-order valence-corrected chi connectivity index (χ2v) is 5.77. The number of benzene rings is 1. The Kier molecular flexibility index (Phi) is 4.15. The molecule has 3 rings (SSSR count). The molecule has 0 aliphatic carbocycles. The van der Waals surface area contributed by atoms with Crippen LogP contribution in [0, 0.1) is 0 Å². The van der Waals surface area contributed by atoms with Crippen LogP contribution in [0.3, 0.4) is 0 Å². The maximum Gasteiger partial charge on any atom is 0.147 e. The monoisotopic (exact) mass is 282 g/mol. The number of aromatic nitrogens is 2. The number of nitrogens with zero attached hydrogens (tertiary/aromatic N) is 3. The third-order valence-corrected chi connectivity index (χ3v) is 3.95. The van der Waals surface area contributed by atoms with Crippen molar-refractivity contribution in [3.8, 4) is 11.3 Å². The van der Waals surface area contributed by atoms with Crippen molar-refractivity contribution >= 4 is 5.82 Å². The molecule has 4 heteroatoms. The molecule has 0 saturated carbocycles. The second-order valence-electron chi connectivity index (χ2n) is 5.77. The van der Waals surface area contributed by atoms with Crippen molar-refractivity contribution in [2.75, 3.05) is 31.1 Å². The third-order valence-electron chi connectivity index (χ3n) is 3.95. The van der Waals surface area contributed by atoms with E-state index in [1.807, 2.05) is 12.4 Å². The lowest BCUT2D eigenvalue weighted by atomic mass is 10.0. The van der Waals surface area contributed by atoms with E-state index in [2.05, 4.69) is 58.3 Å². The molecule has 2 heterocycles. The van der Waals surface area contributed by atoms with Gasteiger partial charge in [0.2, 0.25) is 0 Å². The van der Waals surface area contributed by atoms with Crippen molar-refractivity contribution in [1.82, 2.24) is 15.3 Å². The van der Waals surface area contributed by atoms with Crippen LogP contribution < -0.4 is 10.2 Å². The fourth-order valence-corrected chi connectivity index (χ4v) is 2.57. The van der Waals surface area contributed by atoms with Gasteiger partial charge >= 0.3 is 0 Å². The van der Waals surface area contributed by atoms with E-state index in [0.29, 0.717) is 5.92 Å². The molecule has 2 aromatic rings. The highest BCUT2D eigenvalue weighted by molar-refractivity contribution is 5.59. The van der Waals surface area contributed by atoms with Crippen LogP contribution in [0.4, 0.5) is 5.82 Å². The molecular formula is C17H22N4. The van der Waals surface area contributed by atoms with Gasteiger partial charge in [-0.1, -0.05) is 38.1 Å². The van der Waals surface area contributed by atoms with Gasteiger partial charge in [0.15, 0.2) is 0 Å². The summed E-state index contributed by atoms with van der Waals surface area (Å²) < 4.78 is 0. The van der Waals surface area contributed by atoms with Gasteiger partial charge in [-0.15, -0.1) is 0 Å². The lowest BCUT2D eigenvalue weighted by Crippen LogP contribution is -2.43. The van der Waals surface area contributed by atoms with Crippen molar-refractivity contribution in [2.24, 2.45) is 0 Å². The van der Waals surface area contributed by atoms with Crippen LogP contribution in [0.2, 0.25) is 0 Å². The average molecular weight is 282 g/mol. The number of rotatable bonds is 3. The smallest absolute Gasteiger partial charge is 0.147 e. The standard InChI is InChI=1S/C17H22N4/c1-13(2)14-3-5-15(6-4-14)16-11-20-17(12-19-16)21-9-7-18-8-10-21/h3-6,11-13,18H,7-10H2,1-2H3. The van der Waals surface area contributed by atoms with Crippen molar-refractivity contribution in [3.63, 3.8) is 0 Å². The minimum absolute atomic E-state index is 0.556. The fourth-order valence-electron chi connectivity index (χ4n) is 2.57. The molecule has 1 aliphatic heterocycles. The molecule has 1 aromatic carbocycles. The Morgan fingerprint density at radius 1 is 1.00 bits per heavy atom. The predicted molar refractivity (Wildman–Crippen MR) is 86.6 cm³/mol. The van der Waals surface area contributed by atoms with E-state index in [4.69, 9.17) is 0 Å². The van der Waals surface area contributed by atoms with E-state index >= 15 is 0 Å². The van der Waals surface area contributed by atoms with Gasteiger partial charge in [-0.05, 0) is 11.5 Å². The number of anilines is 1. The van der Waals surface area contributed by atoms with Crippen LogP contribution in [0.15, 0.2) is 36.7 Å². The zero-order chi connectivity index (χ0) is 14.7. The van der Waals surface area contributed by atoms with E-state index in [0.717, 1.165) is 43.3 Å².